The Morgan fingerprint density at radius 1 is 1.30 bits per heavy atom. The summed E-state index contributed by atoms with van der Waals surface area (Å²) in [5, 5.41) is 1.13. The van der Waals surface area contributed by atoms with Gasteiger partial charge in [-0.15, -0.1) is 0 Å². The molecule has 0 radical (unpaired) electrons. The molecule has 1 aromatic heterocycles. The lowest BCUT2D eigenvalue weighted by molar-refractivity contribution is -0.137. The lowest BCUT2D eigenvalue weighted by Gasteiger charge is -2.22. The molecule has 0 aliphatic heterocycles. The van der Waals surface area contributed by atoms with Crippen molar-refractivity contribution in [2.24, 2.45) is 0 Å². The molecule has 27 heavy (non-hydrogen) atoms. The molecule has 3 rings (SSSR count). The molecule has 0 aliphatic carbocycles. The Morgan fingerprint density at radius 2 is 2.04 bits per heavy atom. The van der Waals surface area contributed by atoms with Crippen molar-refractivity contribution in [3.05, 3.63) is 69.2 Å². The SMILES string of the molecule is Cc1cc(Cl)ccc1O[C@H](C)C(=O)N(C)Cc1nc2ccccc2c(=O)[nH]1. The van der Waals surface area contributed by atoms with Crippen molar-refractivity contribution in [1.29, 1.82) is 0 Å². The summed E-state index contributed by atoms with van der Waals surface area (Å²) < 4.78 is 5.77. The van der Waals surface area contributed by atoms with Gasteiger partial charge in [0.05, 0.1) is 17.4 Å². The van der Waals surface area contributed by atoms with Crippen LogP contribution in [0.1, 0.15) is 18.3 Å². The maximum atomic E-state index is 12.6. The molecule has 0 fully saturated rings. The number of nitrogens with one attached hydrogen (secondary N) is 1. The number of fused-ring (bicyclic) bond motifs is 1. The van der Waals surface area contributed by atoms with E-state index in [2.05, 4.69) is 9.97 Å². The predicted octanol–water partition coefficient (Wildman–Crippen LogP) is 3.31. The number of H-pyrrole nitrogens is 1. The van der Waals surface area contributed by atoms with Gasteiger partial charge in [0.25, 0.3) is 11.5 Å². The number of likely N-dealkylation sites (N-methyl/N-ethyl adjacent to an activating group) is 1. The third-order valence-corrected chi connectivity index (χ3v) is 4.45. The summed E-state index contributed by atoms with van der Waals surface area (Å²) in [5.74, 6) is 0.801. The zero-order valence-electron chi connectivity index (χ0n) is 15.3. The first-order valence-electron chi connectivity index (χ1n) is 8.51. The number of ether oxygens (including phenoxy) is 1. The molecular formula is C20H20ClN3O3. The van der Waals surface area contributed by atoms with Gasteiger partial charge in [-0.05, 0) is 49.7 Å². The summed E-state index contributed by atoms with van der Waals surface area (Å²) in [6.07, 6.45) is -0.693. The van der Waals surface area contributed by atoms with Gasteiger partial charge in [0, 0.05) is 12.1 Å². The highest BCUT2D eigenvalue weighted by molar-refractivity contribution is 6.30. The van der Waals surface area contributed by atoms with Crippen LogP contribution in [-0.2, 0) is 11.3 Å². The van der Waals surface area contributed by atoms with Crippen LogP contribution in [0.3, 0.4) is 0 Å². The van der Waals surface area contributed by atoms with Gasteiger partial charge in [-0.1, -0.05) is 23.7 Å². The number of rotatable bonds is 5. The van der Waals surface area contributed by atoms with E-state index in [1.807, 2.05) is 13.0 Å². The number of amides is 1. The molecule has 1 amide bonds. The third kappa shape index (κ3) is 4.28. The van der Waals surface area contributed by atoms with E-state index in [-0.39, 0.29) is 18.0 Å². The smallest absolute Gasteiger partial charge is 0.263 e. The lowest BCUT2D eigenvalue weighted by atomic mass is 10.2. The molecule has 6 nitrogen and oxygen atoms in total. The fraction of sp³-hybridized carbons (Fsp3) is 0.250. The summed E-state index contributed by atoms with van der Waals surface area (Å²) in [6, 6.07) is 12.3. The third-order valence-electron chi connectivity index (χ3n) is 4.21. The second kappa shape index (κ2) is 7.80. The summed E-state index contributed by atoms with van der Waals surface area (Å²) in [6.45, 7) is 3.72. The number of hydrogen-bond acceptors (Lipinski definition) is 4. The molecular weight excluding hydrogens is 366 g/mol. The van der Waals surface area contributed by atoms with E-state index in [4.69, 9.17) is 16.3 Å². The largest absolute Gasteiger partial charge is 0.481 e. The molecule has 0 saturated carbocycles. The number of para-hydroxylation sites is 1. The van der Waals surface area contributed by atoms with Crippen molar-refractivity contribution in [3.63, 3.8) is 0 Å². The minimum absolute atomic E-state index is 0.173. The van der Waals surface area contributed by atoms with Gasteiger partial charge < -0.3 is 14.6 Å². The Morgan fingerprint density at radius 3 is 2.78 bits per heavy atom. The quantitative estimate of drug-likeness (QED) is 0.731. The molecule has 0 saturated heterocycles. The second-order valence-electron chi connectivity index (χ2n) is 6.39. The average molecular weight is 386 g/mol. The molecule has 1 N–H and O–H groups in total. The molecule has 0 bridgehead atoms. The van der Waals surface area contributed by atoms with Crippen molar-refractivity contribution in [1.82, 2.24) is 14.9 Å². The number of carbonyl (C=O) groups is 1. The van der Waals surface area contributed by atoms with Gasteiger partial charge in [0.1, 0.15) is 11.6 Å². The molecule has 7 heteroatoms. The van der Waals surface area contributed by atoms with Crippen LogP contribution in [0.15, 0.2) is 47.3 Å². The van der Waals surface area contributed by atoms with Crippen LogP contribution in [0.4, 0.5) is 0 Å². The number of aryl methyl sites for hydroxylation is 1. The summed E-state index contributed by atoms with van der Waals surface area (Å²) in [4.78, 5) is 33.4. The molecule has 0 spiro atoms. The van der Waals surface area contributed by atoms with Gasteiger partial charge in [-0.2, -0.15) is 0 Å². The van der Waals surface area contributed by atoms with E-state index in [0.717, 1.165) is 5.56 Å². The lowest BCUT2D eigenvalue weighted by Crippen LogP contribution is -2.38. The van der Waals surface area contributed by atoms with Gasteiger partial charge in [0.2, 0.25) is 0 Å². The van der Waals surface area contributed by atoms with Crippen LogP contribution in [-0.4, -0.2) is 33.9 Å². The number of benzene rings is 2. The zero-order chi connectivity index (χ0) is 19.6. The van der Waals surface area contributed by atoms with E-state index in [1.165, 1.54) is 4.90 Å². The van der Waals surface area contributed by atoms with Crippen molar-refractivity contribution in [2.75, 3.05) is 7.05 Å². The second-order valence-corrected chi connectivity index (χ2v) is 6.83. The number of carbonyl (C=O) groups excluding carboxylic acids is 1. The van der Waals surface area contributed by atoms with E-state index in [0.29, 0.717) is 27.5 Å². The van der Waals surface area contributed by atoms with E-state index in [9.17, 15) is 9.59 Å². The maximum absolute atomic E-state index is 12.6. The van der Waals surface area contributed by atoms with Crippen LogP contribution in [0.5, 0.6) is 5.75 Å². The van der Waals surface area contributed by atoms with Crippen molar-refractivity contribution in [3.8, 4) is 5.75 Å². The zero-order valence-corrected chi connectivity index (χ0v) is 16.1. The fourth-order valence-corrected chi connectivity index (χ4v) is 3.04. The Hall–Kier alpha value is -2.86. The number of hydrogen-bond donors (Lipinski definition) is 1. The summed E-state index contributed by atoms with van der Waals surface area (Å²) in [5.41, 5.74) is 1.22. The first-order chi connectivity index (χ1) is 12.8. The van der Waals surface area contributed by atoms with E-state index >= 15 is 0 Å². The van der Waals surface area contributed by atoms with Crippen molar-refractivity contribution in [2.45, 2.75) is 26.5 Å². The number of aromatic amines is 1. The molecule has 1 atom stereocenters. The minimum atomic E-state index is -0.693. The number of halogens is 1. The van der Waals surface area contributed by atoms with E-state index < -0.39 is 6.10 Å². The van der Waals surface area contributed by atoms with Crippen molar-refractivity contribution >= 4 is 28.4 Å². The number of aromatic nitrogens is 2. The standard InChI is InChI=1S/C20H20ClN3O3/c1-12-10-14(21)8-9-17(12)27-13(2)20(26)24(3)11-18-22-16-7-5-4-6-15(16)19(25)23-18/h4-10,13H,11H2,1-3H3,(H,22,23,25)/t13-/m1/s1. The van der Waals surface area contributed by atoms with Gasteiger partial charge >= 0.3 is 0 Å². The fourth-order valence-electron chi connectivity index (χ4n) is 2.81. The summed E-state index contributed by atoms with van der Waals surface area (Å²) in [7, 11) is 1.64. The highest BCUT2D eigenvalue weighted by Crippen LogP contribution is 2.23. The van der Waals surface area contributed by atoms with Crippen molar-refractivity contribution < 1.29 is 9.53 Å². The Balaban J connectivity index is 1.72. The highest BCUT2D eigenvalue weighted by Gasteiger charge is 2.21. The minimum Gasteiger partial charge on any atom is -0.481 e. The monoisotopic (exact) mass is 385 g/mol. The normalized spacial score (nSPS) is 12.0. The molecule has 0 unspecified atom stereocenters. The Labute approximate surface area is 161 Å². The summed E-state index contributed by atoms with van der Waals surface area (Å²) >= 11 is 5.94. The Bertz CT molecular complexity index is 1050. The van der Waals surface area contributed by atoms with Gasteiger partial charge in [-0.25, -0.2) is 4.98 Å². The van der Waals surface area contributed by atoms with Gasteiger partial charge in [-0.3, -0.25) is 9.59 Å². The van der Waals surface area contributed by atoms with Crippen LogP contribution in [0, 0.1) is 6.92 Å². The Kier molecular flexibility index (Phi) is 5.46. The first-order valence-corrected chi connectivity index (χ1v) is 8.88. The molecule has 140 valence electrons. The maximum Gasteiger partial charge on any atom is 0.263 e. The number of nitrogens with zero attached hydrogens (tertiary/aromatic N) is 2. The molecule has 3 aromatic rings. The average Bonchev–Trinajstić information content (AvgIpc) is 2.63. The van der Waals surface area contributed by atoms with Gasteiger partial charge in [0.15, 0.2) is 6.10 Å². The predicted molar refractivity (Wildman–Crippen MR) is 105 cm³/mol. The first kappa shape index (κ1) is 18.9. The topological polar surface area (TPSA) is 75.3 Å². The van der Waals surface area contributed by atoms with Crippen LogP contribution in [0.25, 0.3) is 10.9 Å². The van der Waals surface area contributed by atoms with Crippen LogP contribution < -0.4 is 10.3 Å². The molecule has 0 aliphatic rings. The molecule has 1 heterocycles. The van der Waals surface area contributed by atoms with Crippen LogP contribution in [0.2, 0.25) is 5.02 Å². The van der Waals surface area contributed by atoms with Crippen LogP contribution >= 0.6 is 11.6 Å². The molecule has 2 aromatic carbocycles. The van der Waals surface area contributed by atoms with E-state index in [1.54, 1.807) is 50.4 Å². The highest BCUT2D eigenvalue weighted by atomic mass is 35.5.